The standard InChI is InChI=1S/C17H16N8OS/c1-10-14(22-23-16-21-17(27-3)24-25(10)16)13-8-9-18-15(20-13)19-11-4-6-12(26-2)7-5-11/h4-9H,1-3H3,(H,18,19,20). The van der Waals surface area contributed by atoms with E-state index in [1.165, 1.54) is 11.8 Å². The minimum atomic E-state index is 0.461. The van der Waals surface area contributed by atoms with Gasteiger partial charge < -0.3 is 10.1 Å². The lowest BCUT2D eigenvalue weighted by molar-refractivity contribution is 0.415. The first-order valence-corrected chi connectivity index (χ1v) is 9.29. The number of thioether (sulfide) groups is 1. The van der Waals surface area contributed by atoms with Gasteiger partial charge in [-0.2, -0.15) is 9.50 Å². The molecular formula is C17H16N8OS. The van der Waals surface area contributed by atoms with Crippen LogP contribution in [0.5, 0.6) is 5.75 Å². The lowest BCUT2D eigenvalue weighted by atomic mass is 10.2. The van der Waals surface area contributed by atoms with Crippen LogP contribution >= 0.6 is 11.8 Å². The van der Waals surface area contributed by atoms with E-state index in [2.05, 4.69) is 35.6 Å². The van der Waals surface area contributed by atoms with Crippen molar-refractivity contribution in [2.24, 2.45) is 0 Å². The molecule has 0 amide bonds. The van der Waals surface area contributed by atoms with E-state index in [1.807, 2.05) is 37.4 Å². The van der Waals surface area contributed by atoms with Crippen molar-refractivity contribution in [3.63, 3.8) is 0 Å². The summed E-state index contributed by atoms with van der Waals surface area (Å²) in [4.78, 5) is 13.1. The Kier molecular flexibility index (Phi) is 4.55. The van der Waals surface area contributed by atoms with Gasteiger partial charge in [0.05, 0.1) is 18.5 Å². The summed E-state index contributed by atoms with van der Waals surface area (Å²) < 4.78 is 6.84. The number of benzene rings is 1. The van der Waals surface area contributed by atoms with Gasteiger partial charge in [0.25, 0.3) is 5.78 Å². The maximum atomic E-state index is 5.17. The van der Waals surface area contributed by atoms with Crippen LogP contribution < -0.4 is 10.1 Å². The predicted octanol–water partition coefficient (Wildman–Crippen LogP) is 2.76. The molecule has 3 aromatic heterocycles. The molecule has 0 saturated heterocycles. The molecule has 0 aliphatic rings. The zero-order chi connectivity index (χ0) is 18.8. The van der Waals surface area contributed by atoms with Crippen molar-refractivity contribution in [3.05, 3.63) is 42.2 Å². The summed E-state index contributed by atoms with van der Waals surface area (Å²) in [6.45, 7) is 1.91. The van der Waals surface area contributed by atoms with Gasteiger partial charge in [-0.3, -0.25) is 0 Å². The second-order valence-corrected chi connectivity index (χ2v) is 6.34. The summed E-state index contributed by atoms with van der Waals surface area (Å²) in [6.07, 6.45) is 3.59. The van der Waals surface area contributed by atoms with Gasteiger partial charge in [0.2, 0.25) is 11.1 Å². The Labute approximate surface area is 159 Å². The number of methoxy groups -OCH3 is 1. The molecule has 27 heavy (non-hydrogen) atoms. The first-order chi connectivity index (χ1) is 13.2. The van der Waals surface area contributed by atoms with Gasteiger partial charge in [-0.25, -0.2) is 9.97 Å². The first kappa shape index (κ1) is 17.2. The van der Waals surface area contributed by atoms with Gasteiger partial charge in [-0.1, -0.05) is 11.8 Å². The topological polar surface area (TPSA) is 103 Å². The highest BCUT2D eigenvalue weighted by Crippen LogP contribution is 2.22. The van der Waals surface area contributed by atoms with Crippen LogP contribution in [0.15, 0.2) is 41.7 Å². The zero-order valence-electron chi connectivity index (χ0n) is 14.9. The number of nitrogens with zero attached hydrogens (tertiary/aromatic N) is 7. The summed E-state index contributed by atoms with van der Waals surface area (Å²) in [5, 5.41) is 16.7. The maximum Gasteiger partial charge on any atom is 0.272 e. The largest absolute Gasteiger partial charge is 0.497 e. The van der Waals surface area contributed by atoms with E-state index in [-0.39, 0.29) is 0 Å². The average molecular weight is 380 g/mol. The van der Waals surface area contributed by atoms with Crippen LogP contribution in [-0.2, 0) is 0 Å². The van der Waals surface area contributed by atoms with Crippen LogP contribution in [0.4, 0.5) is 11.6 Å². The van der Waals surface area contributed by atoms with E-state index in [0.717, 1.165) is 17.1 Å². The highest BCUT2D eigenvalue weighted by Gasteiger charge is 2.14. The number of nitrogens with one attached hydrogen (secondary N) is 1. The number of rotatable bonds is 5. The van der Waals surface area contributed by atoms with Crippen LogP contribution in [0.25, 0.3) is 17.2 Å². The maximum absolute atomic E-state index is 5.17. The molecule has 136 valence electrons. The number of aromatic nitrogens is 7. The number of fused-ring (bicyclic) bond motifs is 1. The first-order valence-electron chi connectivity index (χ1n) is 8.06. The van der Waals surface area contributed by atoms with Crippen LogP contribution in [0.1, 0.15) is 5.69 Å². The molecule has 1 aromatic carbocycles. The van der Waals surface area contributed by atoms with Crippen molar-refractivity contribution >= 4 is 29.2 Å². The smallest absolute Gasteiger partial charge is 0.272 e. The highest BCUT2D eigenvalue weighted by molar-refractivity contribution is 7.98. The average Bonchev–Trinajstić information content (AvgIpc) is 3.13. The van der Waals surface area contributed by atoms with Gasteiger partial charge in [0.15, 0.2) is 0 Å². The second-order valence-electron chi connectivity index (χ2n) is 5.56. The zero-order valence-corrected chi connectivity index (χ0v) is 15.7. The minimum absolute atomic E-state index is 0.461. The van der Waals surface area contributed by atoms with E-state index in [0.29, 0.717) is 28.3 Å². The van der Waals surface area contributed by atoms with Crippen molar-refractivity contribution in [1.82, 2.24) is 34.8 Å². The Morgan fingerprint density at radius 3 is 2.63 bits per heavy atom. The summed E-state index contributed by atoms with van der Waals surface area (Å²) in [6, 6.07) is 9.30. The Bertz CT molecular complexity index is 1100. The fraction of sp³-hybridized carbons (Fsp3) is 0.176. The molecular weight excluding hydrogens is 364 g/mol. The molecule has 0 radical (unpaired) electrons. The molecule has 0 unspecified atom stereocenters. The van der Waals surface area contributed by atoms with Crippen molar-refractivity contribution < 1.29 is 4.74 Å². The summed E-state index contributed by atoms with van der Waals surface area (Å²) >= 11 is 1.46. The second kappa shape index (κ2) is 7.16. The van der Waals surface area contributed by atoms with Gasteiger partial charge in [0.1, 0.15) is 11.4 Å². The lowest BCUT2D eigenvalue weighted by Gasteiger charge is -2.08. The molecule has 0 aliphatic carbocycles. The highest BCUT2D eigenvalue weighted by atomic mass is 32.2. The SMILES string of the molecule is COc1ccc(Nc2nccc(-c3nnc4nc(SC)nn4c3C)n2)cc1. The molecule has 4 rings (SSSR count). The molecule has 10 heteroatoms. The monoisotopic (exact) mass is 380 g/mol. The number of anilines is 2. The predicted molar refractivity (Wildman–Crippen MR) is 102 cm³/mol. The van der Waals surface area contributed by atoms with E-state index in [9.17, 15) is 0 Å². The van der Waals surface area contributed by atoms with Crippen molar-refractivity contribution in [2.75, 3.05) is 18.7 Å². The quantitative estimate of drug-likeness (QED) is 0.523. The minimum Gasteiger partial charge on any atom is -0.497 e. The Hall–Kier alpha value is -3.27. The molecule has 0 spiro atoms. The van der Waals surface area contributed by atoms with E-state index in [4.69, 9.17) is 4.74 Å². The molecule has 0 fully saturated rings. The molecule has 0 atom stereocenters. The molecule has 0 saturated carbocycles. The third-order valence-electron chi connectivity index (χ3n) is 3.90. The van der Waals surface area contributed by atoms with Crippen LogP contribution in [-0.4, -0.2) is 48.1 Å². The Morgan fingerprint density at radius 2 is 1.89 bits per heavy atom. The fourth-order valence-electron chi connectivity index (χ4n) is 2.52. The third-order valence-corrected chi connectivity index (χ3v) is 4.44. The Balaban J connectivity index is 1.67. The van der Waals surface area contributed by atoms with Crippen LogP contribution in [0, 0.1) is 6.92 Å². The number of hydrogen-bond donors (Lipinski definition) is 1. The van der Waals surface area contributed by atoms with E-state index in [1.54, 1.807) is 23.9 Å². The fourth-order valence-corrected chi connectivity index (χ4v) is 2.86. The van der Waals surface area contributed by atoms with E-state index >= 15 is 0 Å². The third kappa shape index (κ3) is 3.38. The molecule has 0 bridgehead atoms. The van der Waals surface area contributed by atoms with E-state index < -0.39 is 0 Å². The number of aryl methyl sites for hydroxylation is 1. The van der Waals surface area contributed by atoms with Crippen molar-refractivity contribution in [3.8, 4) is 17.1 Å². The molecule has 3 heterocycles. The van der Waals surface area contributed by atoms with Gasteiger partial charge in [-0.15, -0.1) is 15.3 Å². The van der Waals surface area contributed by atoms with Crippen LogP contribution in [0.3, 0.4) is 0 Å². The molecule has 0 aliphatic heterocycles. The van der Waals surface area contributed by atoms with Gasteiger partial charge >= 0.3 is 0 Å². The number of ether oxygens (including phenoxy) is 1. The van der Waals surface area contributed by atoms with Crippen molar-refractivity contribution in [2.45, 2.75) is 12.1 Å². The Morgan fingerprint density at radius 1 is 1.07 bits per heavy atom. The number of hydrogen-bond acceptors (Lipinski definition) is 9. The summed E-state index contributed by atoms with van der Waals surface area (Å²) in [5.41, 5.74) is 2.93. The van der Waals surface area contributed by atoms with Gasteiger partial charge in [-0.05, 0) is 43.5 Å². The molecule has 9 nitrogen and oxygen atoms in total. The summed E-state index contributed by atoms with van der Waals surface area (Å²) in [5.74, 6) is 1.71. The lowest BCUT2D eigenvalue weighted by Crippen LogP contribution is -2.05. The summed E-state index contributed by atoms with van der Waals surface area (Å²) in [7, 11) is 1.63. The molecule has 4 aromatic rings. The van der Waals surface area contributed by atoms with Gasteiger partial charge in [0, 0.05) is 11.9 Å². The van der Waals surface area contributed by atoms with Crippen molar-refractivity contribution in [1.29, 1.82) is 0 Å². The molecule has 1 N–H and O–H groups in total. The normalized spacial score (nSPS) is 10.9. The van der Waals surface area contributed by atoms with Crippen LogP contribution in [0.2, 0.25) is 0 Å².